The van der Waals surface area contributed by atoms with Crippen LogP contribution in [0.2, 0.25) is 19.6 Å². The van der Waals surface area contributed by atoms with E-state index < -0.39 is 13.0 Å². The molecule has 4 nitrogen and oxygen atoms in total. The van der Waals surface area contributed by atoms with Crippen LogP contribution in [-0.4, -0.2) is 13.0 Å². The molecule has 1 aromatic carbocycles. The Bertz CT molecular complexity index is 581. The molecular weight excluding hydrogens is 258 g/mol. The van der Waals surface area contributed by atoms with E-state index in [9.17, 15) is 10.1 Å². The smallest absolute Gasteiger partial charge is 0.269 e. The van der Waals surface area contributed by atoms with Gasteiger partial charge in [-0.25, -0.2) is 0 Å². The highest BCUT2D eigenvalue weighted by Gasteiger charge is 2.16. The minimum atomic E-state index is -1.16. The molecule has 0 aliphatic rings. The van der Waals surface area contributed by atoms with Crippen molar-refractivity contribution in [3.63, 3.8) is 0 Å². The summed E-state index contributed by atoms with van der Waals surface area (Å²) in [5.74, 6) is 0.767. The van der Waals surface area contributed by atoms with Gasteiger partial charge in [-0.15, -0.1) is 0 Å². The zero-order valence-electron chi connectivity index (χ0n) is 11.3. The van der Waals surface area contributed by atoms with E-state index in [4.69, 9.17) is 4.42 Å². The van der Waals surface area contributed by atoms with Gasteiger partial charge in [0.05, 0.1) is 11.2 Å². The van der Waals surface area contributed by atoms with Gasteiger partial charge in [0.1, 0.15) is 5.76 Å². The normalized spacial score (nSPS) is 11.5. The van der Waals surface area contributed by atoms with E-state index in [1.807, 2.05) is 6.07 Å². The highest BCUT2D eigenvalue weighted by molar-refractivity contribution is 6.75. The van der Waals surface area contributed by atoms with Gasteiger partial charge < -0.3 is 4.42 Å². The van der Waals surface area contributed by atoms with Gasteiger partial charge in [-0.1, -0.05) is 19.6 Å². The molecule has 0 N–H and O–H groups in total. The van der Waals surface area contributed by atoms with Crippen molar-refractivity contribution in [3.8, 4) is 11.3 Å². The van der Waals surface area contributed by atoms with Crippen molar-refractivity contribution in [2.45, 2.75) is 25.7 Å². The van der Waals surface area contributed by atoms with Gasteiger partial charge in [0.25, 0.3) is 5.69 Å². The van der Waals surface area contributed by atoms with E-state index in [1.165, 1.54) is 17.7 Å². The summed E-state index contributed by atoms with van der Waals surface area (Å²) in [6.07, 6.45) is 1.79. The van der Waals surface area contributed by atoms with Gasteiger partial charge in [-0.2, -0.15) is 0 Å². The predicted molar refractivity (Wildman–Crippen MR) is 77.8 cm³/mol. The van der Waals surface area contributed by atoms with Crippen molar-refractivity contribution in [2.75, 3.05) is 0 Å². The first kappa shape index (κ1) is 13.5. The fraction of sp³-hybridized carbons (Fsp3) is 0.286. The summed E-state index contributed by atoms with van der Waals surface area (Å²) >= 11 is 0. The SMILES string of the molecule is C[Si](C)(C)Cc1coc(-c2ccc([N+](=O)[O-])cc2)c1. The Hall–Kier alpha value is -1.88. The second-order valence-electron chi connectivity index (χ2n) is 5.86. The number of furan rings is 1. The van der Waals surface area contributed by atoms with E-state index in [0.717, 1.165) is 17.4 Å². The van der Waals surface area contributed by atoms with E-state index in [-0.39, 0.29) is 5.69 Å². The van der Waals surface area contributed by atoms with Crippen molar-refractivity contribution in [3.05, 3.63) is 52.3 Å². The molecule has 2 rings (SSSR count). The van der Waals surface area contributed by atoms with Crippen molar-refractivity contribution >= 4 is 13.8 Å². The number of nitro groups is 1. The first-order valence-corrected chi connectivity index (χ1v) is 9.88. The number of non-ortho nitro benzene ring substituents is 1. The zero-order valence-corrected chi connectivity index (χ0v) is 12.3. The molecule has 0 unspecified atom stereocenters. The lowest BCUT2D eigenvalue weighted by Crippen LogP contribution is -2.23. The fourth-order valence-corrected chi connectivity index (χ4v) is 3.39. The van der Waals surface area contributed by atoms with Crippen molar-refractivity contribution < 1.29 is 9.34 Å². The van der Waals surface area contributed by atoms with Crippen molar-refractivity contribution in [1.29, 1.82) is 0 Å². The number of rotatable bonds is 4. The Labute approximate surface area is 113 Å². The molecule has 0 saturated heterocycles. The molecule has 1 heterocycles. The maximum atomic E-state index is 10.6. The quantitative estimate of drug-likeness (QED) is 0.475. The zero-order chi connectivity index (χ0) is 14.0. The molecule has 0 spiro atoms. The molecule has 100 valence electrons. The van der Waals surface area contributed by atoms with Crippen molar-refractivity contribution in [2.24, 2.45) is 0 Å². The third-order valence-electron chi connectivity index (χ3n) is 2.75. The Morgan fingerprint density at radius 3 is 2.37 bits per heavy atom. The minimum Gasteiger partial charge on any atom is -0.464 e. The largest absolute Gasteiger partial charge is 0.464 e. The van der Waals surface area contributed by atoms with Crippen LogP contribution in [0, 0.1) is 10.1 Å². The van der Waals surface area contributed by atoms with Crippen LogP contribution in [0.25, 0.3) is 11.3 Å². The summed E-state index contributed by atoms with van der Waals surface area (Å²) in [5, 5.41) is 10.6. The Morgan fingerprint density at radius 1 is 1.21 bits per heavy atom. The Balaban J connectivity index is 2.20. The molecule has 0 amide bonds. The van der Waals surface area contributed by atoms with Crippen LogP contribution in [0.4, 0.5) is 5.69 Å². The molecule has 1 aromatic heterocycles. The predicted octanol–water partition coefficient (Wildman–Crippen LogP) is 4.27. The molecule has 5 heteroatoms. The maximum Gasteiger partial charge on any atom is 0.269 e. The van der Waals surface area contributed by atoms with E-state index >= 15 is 0 Å². The first-order valence-electron chi connectivity index (χ1n) is 6.17. The molecule has 0 aliphatic heterocycles. The second-order valence-corrected chi connectivity index (χ2v) is 11.3. The topological polar surface area (TPSA) is 56.3 Å². The molecule has 0 saturated carbocycles. The van der Waals surface area contributed by atoms with Crippen LogP contribution in [0.15, 0.2) is 41.0 Å². The summed E-state index contributed by atoms with van der Waals surface area (Å²) in [6, 6.07) is 9.53. The lowest BCUT2D eigenvalue weighted by Gasteiger charge is -2.13. The highest BCUT2D eigenvalue weighted by Crippen LogP contribution is 2.25. The lowest BCUT2D eigenvalue weighted by molar-refractivity contribution is -0.384. The number of benzene rings is 1. The summed E-state index contributed by atoms with van der Waals surface area (Å²) < 4.78 is 5.55. The monoisotopic (exact) mass is 275 g/mol. The van der Waals surface area contributed by atoms with E-state index in [0.29, 0.717) is 0 Å². The maximum absolute atomic E-state index is 10.6. The molecule has 0 bridgehead atoms. The van der Waals surface area contributed by atoms with Gasteiger partial charge in [-0.3, -0.25) is 10.1 Å². The molecule has 0 fully saturated rings. The second kappa shape index (κ2) is 5.01. The summed E-state index contributed by atoms with van der Waals surface area (Å²) in [6.45, 7) is 6.93. The number of hydrogen-bond acceptors (Lipinski definition) is 3. The number of nitrogens with zero attached hydrogens (tertiary/aromatic N) is 1. The first-order chi connectivity index (χ1) is 8.85. The Kier molecular flexibility index (Phi) is 3.57. The highest BCUT2D eigenvalue weighted by atomic mass is 28.3. The number of nitro benzene ring substituents is 1. The molecule has 19 heavy (non-hydrogen) atoms. The van der Waals surface area contributed by atoms with Crippen LogP contribution in [0.3, 0.4) is 0 Å². The van der Waals surface area contributed by atoms with E-state index in [1.54, 1.807) is 18.4 Å². The summed E-state index contributed by atoms with van der Waals surface area (Å²) in [7, 11) is -1.16. The lowest BCUT2D eigenvalue weighted by atomic mass is 10.1. The van der Waals surface area contributed by atoms with Gasteiger partial charge in [0.2, 0.25) is 0 Å². The molecule has 2 aromatic rings. The van der Waals surface area contributed by atoms with E-state index in [2.05, 4.69) is 19.6 Å². The average molecular weight is 275 g/mol. The fourth-order valence-electron chi connectivity index (χ4n) is 1.98. The third-order valence-corrected chi connectivity index (χ3v) is 4.22. The van der Waals surface area contributed by atoms with Crippen molar-refractivity contribution in [1.82, 2.24) is 0 Å². The summed E-state index contributed by atoms with van der Waals surface area (Å²) in [5.41, 5.74) is 2.16. The van der Waals surface area contributed by atoms with Gasteiger partial charge in [0.15, 0.2) is 0 Å². The molecule has 0 radical (unpaired) electrons. The molecule has 0 atom stereocenters. The van der Waals surface area contributed by atoms with Crippen LogP contribution < -0.4 is 0 Å². The van der Waals surface area contributed by atoms with Crippen LogP contribution >= 0.6 is 0 Å². The van der Waals surface area contributed by atoms with Gasteiger partial charge in [-0.05, 0) is 29.8 Å². The van der Waals surface area contributed by atoms with Crippen LogP contribution in [-0.2, 0) is 6.04 Å². The minimum absolute atomic E-state index is 0.0950. The van der Waals surface area contributed by atoms with Gasteiger partial charge >= 0.3 is 0 Å². The van der Waals surface area contributed by atoms with Crippen LogP contribution in [0.5, 0.6) is 0 Å². The standard InChI is InChI=1S/C14H17NO3Si/c1-19(2,3)10-11-8-14(18-9-11)12-4-6-13(7-5-12)15(16)17/h4-9H,10H2,1-3H3. The molecular formula is C14H17NO3Si. The average Bonchev–Trinajstić information content (AvgIpc) is 2.75. The van der Waals surface area contributed by atoms with Crippen LogP contribution in [0.1, 0.15) is 5.56 Å². The Morgan fingerprint density at radius 2 is 1.84 bits per heavy atom. The third kappa shape index (κ3) is 3.54. The summed E-state index contributed by atoms with van der Waals surface area (Å²) in [4.78, 5) is 10.2. The van der Waals surface area contributed by atoms with Gasteiger partial charge in [0, 0.05) is 25.8 Å². The number of hydrogen-bond donors (Lipinski definition) is 0. The molecule has 0 aliphatic carbocycles.